The maximum atomic E-state index is 9.13. The molecule has 1 aromatic rings. The Labute approximate surface area is 77.0 Å². The molecule has 1 N–H and O–H groups in total. The van der Waals surface area contributed by atoms with E-state index >= 15 is 0 Å². The summed E-state index contributed by atoms with van der Waals surface area (Å²) in [6.45, 7) is 4.61. The number of aryl methyl sites for hydroxylation is 1. The minimum atomic E-state index is 0.212. The van der Waals surface area contributed by atoms with E-state index in [4.69, 9.17) is 5.11 Å². The maximum absolute atomic E-state index is 9.13. The van der Waals surface area contributed by atoms with Crippen LogP contribution in [0.1, 0.15) is 35.1 Å². The topological polar surface area (TPSA) is 20.2 Å². The molecular weight excluding hydrogens is 168 g/mol. The zero-order valence-corrected chi connectivity index (χ0v) is 8.37. The van der Waals surface area contributed by atoms with E-state index in [0.717, 1.165) is 0 Å². The summed E-state index contributed by atoms with van der Waals surface area (Å²) in [4.78, 5) is 2.50. The minimum Gasteiger partial charge on any atom is -0.391 e. The second-order valence-corrected chi connectivity index (χ2v) is 5.25. The first kappa shape index (κ1) is 8.27. The van der Waals surface area contributed by atoms with Crippen molar-refractivity contribution in [3.63, 3.8) is 0 Å². The molecule has 12 heavy (non-hydrogen) atoms. The lowest BCUT2D eigenvalue weighted by atomic mass is 9.99. The first-order chi connectivity index (χ1) is 5.65. The highest BCUT2D eigenvalue weighted by Crippen LogP contribution is 2.50. The van der Waals surface area contributed by atoms with E-state index in [1.54, 1.807) is 11.3 Å². The van der Waals surface area contributed by atoms with Crippen molar-refractivity contribution in [2.45, 2.75) is 38.7 Å². The Kier molecular flexibility index (Phi) is 1.77. The summed E-state index contributed by atoms with van der Waals surface area (Å²) in [5.41, 5.74) is 1.80. The molecule has 1 fully saturated rings. The summed E-state index contributed by atoms with van der Waals surface area (Å²) in [7, 11) is 0. The normalized spacial score (nSPS) is 19.6. The molecule has 1 saturated carbocycles. The highest BCUT2D eigenvalue weighted by molar-refractivity contribution is 7.12. The van der Waals surface area contributed by atoms with Crippen LogP contribution in [0, 0.1) is 6.92 Å². The van der Waals surface area contributed by atoms with E-state index in [1.807, 2.05) is 0 Å². The van der Waals surface area contributed by atoms with Crippen molar-refractivity contribution >= 4 is 11.3 Å². The highest BCUT2D eigenvalue weighted by atomic mass is 32.1. The van der Waals surface area contributed by atoms with Gasteiger partial charge in [-0.3, -0.25) is 0 Å². The van der Waals surface area contributed by atoms with Crippen LogP contribution in [-0.2, 0) is 12.0 Å². The Hall–Kier alpha value is -0.340. The number of hydrogen-bond donors (Lipinski definition) is 1. The van der Waals surface area contributed by atoms with Crippen molar-refractivity contribution < 1.29 is 5.11 Å². The summed E-state index contributed by atoms with van der Waals surface area (Å²) in [6, 6.07) is 2.24. The van der Waals surface area contributed by atoms with Gasteiger partial charge >= 0.3 is 0 Å². The maximum Gasteiger partial charge on any atom is 0.0777 e. The van der Waals surface area contributed by atoms with Crippen molar-refractivity contribution in [3.8, 4) is 0 Å². The Morgan fingerprint density at radius 2 is 2.25 bits per heavy atom. The van der Waals surface area contributed by atoms with E-state index in [1.165, 1.54) is 28.2 Å². The fourth-order valence-corrected chi connectivity index (χ4v) is 2.69. The molecular formula is C10H14OS. The summed E-state index contributed by atoms with van der Waals surface area (Å²) >= 11 is 1.73. The molecule has 0 unspecified atom stereocenters. The van der Waals surface area contributed by atoms with Crippen LogP contribution in [0.3, 0.4) is 0 Å². The van der Waals surface area contributed by atoms with Gasteiger partial charge in [-0.2, -0.15) is 0 Å². The quantitative estimate of drug-likeness (QED) is 0.745. The summed E-state index contributed by atoms with van der Waals surface area (Å²) in [5, 5.41) is 9.13. The first-order valence-corrected chi connectivity index (χ1v) is 5.18. The molecule has 0 aromatic carbocycles. The molecule has 0 aliphatic heterocycles. The molecule has 1 heterocycles. The summed E-state index contributed by atoms with van der Waals surface area (Å²) in [6.07, 6.45) is 2.58. The van der Waals surface area contributed by atoms with Crippen LogP contribution in [0.15, 0.2) is 6.07 Å². The van der Waals surface area contributed by atoms with Gasteiger partial charge in [-0.05, 0) is 36.8 Å². The van der Waals surface area contributed by atoms with Crippen LogP contribution in [-0.4, -0.2) is 5.11 Å². The van der Waals surface area contributed by atoms with Gasteiger partial charge in [-0.25, -0.2) is 0 Å². The predicted molar refractivity (Wildman–Crippen MR) is 51.6 cm³/mol. The number of aliphatic hydroxyl groups is 1. The first-order valence-electron chi connectivity index (χ1n) is 4.36. The Bertz CT molecular complexity index is 297. The van der Waals surface area contributed by atoms with Crippen LogP contribution < -0.4 is 0 Å². The van der Waals surface area contributed by atoms with Gasteiger partial charge in [-0.1, -0.05) is 6.92 Å². The largest absolute Gasteiger partial charge is 0.391 e. The fraction of sp³-hybridized carbons (Fsp3) is 0.600. The smallest absolute Gasteiger partial charge is 0.0777 e. The number of hydrogen-bond acceptors (Lipinski definition) is 2. The molecule has 1 aromatic heterocycles. The molecule has 0 saturated heterocycles. The van der Waals surface area contributed by atoms with E-state index in [2.05, 4.69) is 19.9 Å². The van der Waals surface area contributed by atoms with Crippen LogP contribution in [0.4, 0.5) is 0 Å². The lowest BCUT2D eigenvalue weighted by Crippen LogP contribution is -2.00. The number of rotatable bonds is 2. The minimum absolute atomic E-state index is 0.212. The lowest BCUT2D eigenvalue weighted by molar-refractivity contribution is 0.283. The zero-order chi connectivity index (χ0) is 8.77. The second kappa shape index (κ2) is 2.57. The number of thiophene rings is 1. The van der Waals surface area contributed by atoms with E-state index < -0.39 is 0 Å². The van der Waals surface area contributed by atoms with Crippen molar-refractivity contribution in [1.29, 1.82) is 0 Å². The zero-order valence-electron chi connectivity index (χ0n) is 7.55. The molecule has 0 bridgehead atoms. The molecule has 1 aliphatic rings. The average Bonchev–Trinajstić information content (AvgIpc) is 2.64. The number of aliphatic hydroxyl groups excluding tert-OH is 1. The van der Waals surface area contributed by atoms with Crippen molar-refractivity contribution in [2.24, 2.45) is 0 Å². The van der Waals surface area contributed by atoms with Gasteiger partial charge in [0.1, 0.15) is 0 Å². The monoisotopic (exact) mass is 182 g/mol. The van der Waals surface area contributed by atoms with Crippen LogP contribution in [0.25, 0.3) is 0 Å². The fourth-order valence-electron chi connectivity index (χ4n) is 1.65. The van der Waals surface area contributed by atoms with Gasteiger partial charge < -0.3 is 5.11 Å². The van der Waals surface area contributed by atoms with E-state index in [0.29, 0.717) is 5.41 Å². The van der Waals surface area contributed by atoms with Gasteiger partial charge in [0.25, 0.3) is 0 Å². The molecule has 2 rings (SSSR count). The Morgan fingerprint density at radius 1 is 1.58 bits per heavy atom. The molecule has 2 heteroatoms. The lowest BCUT2D eigenvalue weighted by Gasteiger charge is -2.07. The van der Waals surface area contributed by atoms with Crippen LogP contribution in [0.5, 0.6) is 0 Å². The molecule has 66 valence electrons. The average molecular weight is 182 g/mol. The predicted octanol–water partition coefficient (Wildman–Crippen LogP) is 2.60. The van der Waals surface area contributed by atoms with Crippen molar-refractivity contribution in [3.05, 3.63) is 21.4 Å². The summed E-state index contributed by atoms with van der Waals surface area (Å²) < 4.78 is 0. The third-order valence-electron chi connectivity index (χ3n) is 2.73. The molecule has 0 spiro atoms. The molecule has 0 atom stereocenters. The van der Waals surface area contributed by atoms with Crippen LogP contribution in [0.2, 0.25) is 0 Å². The van der Waals surface area contributed by atoms with Crippen molar-refractivity contribution in [2.75, 3.05) is 0 Å². The molecule has 0 amide bonds. The molecule has 1 aliphatic carbocycles. The van der Waals surface area contributed by atoms with Gasteiger partial charge in [0, 0.05) is 9.75 Å². The molecule has 1 nitrogen and oxygen atoms in total. The van der Waals surface area contributed by atoms with Gasteiger partial charge in [-0.15, -0.1) is 11.3 Å². The van der Waals surface area contributed by atoms with Gasteiger partial charge in [0.05, 0.1) is 6.61 Å². The Balaban J connectivity index is 2.41. The van der Waals surface area contributed by atoms with Crippen molar-refractivity contribution in [1.82, 2.24) is 0 Å². The summed E-state index contributed by atoms with van der Waals surface area (Å²) in [5.74, 6) is 0. The second-order valence-electron chi connectivity index (χ2n) is 3.91. The highest BCUT2D eigenvalue weighted by Gasteiger charge is 2.41. The molecule has 0 radical (unpaired) electrons. The third kappa shape index (κ3) is 1.19. The standard InChI is InChI=1S/C10H14OS/c1-7-5-8(9(6-11)12-7)10(2)3-4-10/h5,11H,3-4,6H2,1-2H3. The Morgan fingerprint density at radius 3 is 2.75 bits per heavy atom. The van der Waals surface area contributed by atoms with E-state index in [-0.39, 0.29) is 6.61 Å². The third-order valence-corrected chi connectivity index (χ3v) is 3.76. The van der Waals surface area contributed by atoms with Gasteiger partial charge in [0.2, 0.25) is 0 Å². The SMILES string of the molecule is Cc1cc(C2(C)CC2)c(CO)s1. The van der Waals surface area contributed by atoms with Crippen LogP contribution >= 0.6 is 11.3 Å². The van der Waals surface area contributed by atoms with Gasteiger partial charge in [0.15, 0.2) is 0 Å². The van der Waals surface area contributed by atoms with E-state index in [9.17, 15) is 0 Å².